The molecule has 0 aliphatic carbocycles. The summed E-state index contributed by atoms with van der Waals surface area (Å²) in [6, 6.07) is 12.5. The first-order valence-corrected chi connectivity index (χ1v) is 10.2. The van der Waals surface area contributed by atoms with Gasteiger partial charge in [-0.1, -0.05) is 18.2 Å². The third kappa shape index (κ3) is 4.79. The van der Waals surface area contributed by atoms with Crippen molar-refractivity contribution in [3.8, 4) is 5.75 Å². The van der Waals surface area contributed by atoms with Crippen LogP contribution in [0.3, 0.4) is 0 Å². The molecule has 2 aliphatic heterocycles. The molecular formula is C22H29N5O2. The summed E-state index contributed by atoms with van der Waals surface area (Å²) >= 11 is 0. The van der Waals surface area contributed by atoms with Gasteiger partial charge in [-0.25, -0.2) is 4.98 Å². The van der Waals surface area contributed by atoms with Crippen LogP contribution in [-0.4, -0.2) is 50.4 Å². The fourth-order valence-electron chi connectivity index (χ4n) is 3.81. The number of anilines is 1. The van der Waals surface area contributed by atoms with E-state index in [1.165, 1.54) is 11.1 Å². The average Bonchev–Trinajstić information content (AvgIpc) is 2.77. The van der Waals surface area contributed by atoms with E-state index < -0.39 is 0 Å². The Morgan fingerprint density at radius 1 is 1.28 bits per heavy atom. The first kappa shape index (κ1) is 19.5. The van der Waals surface area contributed by atoms with Gasteiger partial charge in [-0.15, -0.1) is 0 Å². The first-order chi connectivity index (χ1) is 14.2. The van der Waals surface area contributed by atoms with Crippen LogP contribution in [0.25, 0.3) is 0 Å². The van der Waals surface area contributed by atoms with E-state index in [-0.39, 0.29) is 12.1 Å². The number of fused-ring (bicyclic) bond motifs is 1. The third-order valence-electron chi connectivity index (χ3n) is 5.33. The van der Waals surface area contributed by atoms with Crippen LogP contribution in [0.4, 0.5) is 5.82 Å². The average molecular weight is 396 g/mol. The van der Waals surface area contributed by atoms with Gasteiger partial charge in [0.1, 0.15) is 11.6 Å². The standard InChI is InChI=1S/C22H29N5O2/c1-16-15-27(10-12-28-16)21-13-17(7-9-24-21)14-25-22(23-2)26-19-8-11-29-20-6-4-3-5-18(19)20/h3-7,9,13,16,19H,8,10-12,14-15H2,1-2H3,(H2,23,25,26). The minimum atomic E-state index is 0.189. The number of hydrogen-bond donors (Lipinski definition) is 2. The number of nitrogens with one attached hydrogen (secondary N) is 2. The maximum atomic E-state index is 5.76. The number of morpholine rings is 1. The predicted molar refractivity (Wildman–Crippen MR) is 114 cm³/mol. The highest BCUT2D eigenvalue weighted by Crippen LogP contribution is 2.31. The van der Waals surface area contributed by atoms with Crippen molar-refractivity contribution in [3.63, 3.8) is 0 Å². The summed E-state index contributed by atoms with van der Waals surface area (Å²) in [6.45, 7) is 5.98. The smallest absolute Gasteiger partial charge is 0.191 e. The van der Waals surface area contributed by atoms with Crippen molar-refractivity contribution in [2.75, 3.05) is 38.3 Å². The zero-order chi connectivity index (χ0) is 20.1. The van der Waals surface area contributed by atoms with Crippen LogP contribution in [-0.2, 0) is 11.3 Å². The number of aliphatic imine (C=N–C) groups is 1. The number of guanidine groups is 1. The van der Waals surface area contributed by atoms with Crippen molar-refractivity contribution < 1.29 is 9.47 Å². The van der Waals surface area contributed by atoms with E-state index in [0.717, 1.165) is 43.6 Å². The van der Waals surface area contributed by atoms with Gasteiger partial charge in [-0.3, -0.25) is 4.99 Å². The molecule has 3 heterocycles. The molecule has 7 nitrogen and oxygen atoms in total. The molecule has 154 valence electrons. The monoisotopic (exact) mass is 395 g/mol. The lowest BCUT2D eigenvalue weighted by Gasteiger charge is -2.32. The van der Waals surface area contributed by atoms with Crippen molar-refractivity contribution in [2.45, 2.75) is 32.0 Å². The van der Waals surface area contributed by atoms with Gasteiger partial charge in [0, 0.05) is 44.9 Å². The summed E-state index contributed by atoms with van der Waals surface area (Å²) in [5.74, 6) is 2.73. The van der Waals surface area contributed by atoms with Crippen LogP contribution < -0.4 is 20.3 Å². The summed E-state index contributed by atoms with van der Waals surface area (Å²) in [7, 11) is 1.80. The van der Waals surface area contributed by atoms with Gasteiger partial charge in [0.05, 0.1) is 25.4 Å². The van der Waals surface area contributed by atoms with Crippen LogP contribution in [0.2, 0.25) is 0 Å². The molecule has 7 heteroatoms. The number of aromatic nitrogens is 1. The quantitative estimate of drug-likeness (QED) is 0.612. The van der Waals surface area contributed by atoms with E-state index >= 15 is 0 Å². The lowest BCUT2D eigenvalue weighted by atomic mass is 10.0. The number of benzene rings is 1. The molecule has 2 N–H and O–H groups in total. The number of ether oxygens (including phenoxy) is 2. The summed E-state index contributed by atoms with van der Waals surface area (Å²) in [5, 5.41) is 6.96. The fraction of sp³-hybridized carbons (Fsp3) is 0.455. The van der Waals surface area contributed by atoms with Gasteiger partial charge in [0.2, 0.25) is 0 Å². The Labute approximate surface area is 172 Å². The maximum absolute atomic E-state index is 5.76. The molecule has 1 fully saturated rings. The Bertz CT molecular complexity index is 857. The highest BCUT2D eigenvalue weighted by Gasteiger charge is 2.22. The molecule has 2 atom stereocenters. The molecule has 0 saturated carbocycles. The van der Waals surface area contributed by atoms with Crippen molar-refractivity contribution in [2.24, 2.45) is 4.99 Å². The molecule has 2 unspecified atom stereocenters. The molecule has 0 radical (unpaired) electrons. The molecule has 1 aromatic heterocycles. The van der Waals surface area contributed by atoms with E-state index in [1.807, 2.05) is 30.5 Å². The van der Waals surface area contributed by atoms with Crippen LogP contribution >= 0.6 is 0 Å². The molecule has 0 spiro atoms. The second-order valence-corrected chi connectivity index (χ2v) is 7.45. The van der Waals surface area contributed by atoms with Crippen molar-refractivity contribution in [3.05, 3.63) is 53.7 Å². The van der Waals surface area contributed by atoms with Gasteiger partial charge in [0.25, 0.3) is 0 Å². The van der Waals surface area contributed by atoms with Gasteiger partial charge in [-0.05, 0) is 30.7 Å². The molecule has 1 aromatic carbocycles. The Balaban J connectivity index is 1.38. The van der Waals surface area contributed by atoms with E-state index in [4.69, 9.17) is 9.47 Å². The second-order valence-electron chi connectivity index (χ2n) is 7.45. The van der Waals surface area contributed by atoms with Gasteiger partial charge in [-0.2, -0.15) is 0 Å². The summed E-state index contributed by atoms with van der Waals surface area (Å²) < 4.78 is 11.4. The Morgan fingerprint density at radius 3 is 3.03 bits per heavy atom. The van der Waals surface area contributed by atoms with E-state index in [2.05, 4.69) is 44.6 Å². The number of hydrogen-bond acceptors (Lipinski definition) is 5. The highest BCUT2D eigenvalue weighted by molar-refractivity contribution is 5.80. The summed E-state index contributed by atoms with van der Waals surface area (Å²) in [6.07, 6.45) is 3.02. The number of nitrogens with zero attached hydrogens (tertiary/aromatic N) is 3. The Morgan fingerprint density at radius 2 is 2.17 bits per heavy atom. The molecule has 0 amide bonds. The number of pyridine rings is 1. The van der Waals surface area contributed by atoms with Crippen LogP contribution in [0.5, 0.6) is 5.75 Å². The fourth-order valence-corrected chi connectivity index (χ4v) is 3.81. The summed E-state index contributed by atoms with van der Waals surface area (Å²) in [5.41, 5.74) is 2.35. The van der Waals surface area contributed by atoms with Crippen molar-refractivity contribution >= 4 is 11.8 Å². The van der Waals surface area contributed by atoms with Gasteiger partial charge < -0.3 is 25.0 Å². The molecule has 1 saturated heterocycles. The number of rotatable bonds is 4. The highest BCUT2D eigenvalue weighted by atomic mass is 16.5. The zero-order valence-corrected chi connectivity index (χ0v) is 17.1. The second kappa shape index (κ2) is 9.13. The van der Waals surface area contributed by atoms with E-state index in [0.29, 0.717) is 13.2 Å². The third-order valence-corrected chi connectivity index (χ3v) is 5.33. The lowest BCUT2D eigenvalue weighted by molar-refractivity contribution is 0.0529. The van der Waals surface area contributed by atoms with Crippen LogP contribution in [0, 0.1) is 0 Å². The van der Waals surface area contributed by atoms with Crippen LogP contribution in [0.15, 0.2) is 47.6 Å². The Kier molecular flexibility index (Phi) is 6.14. The normalized spacial score (nSPS) is 21.9. The van der Waals surface area contributed by atoms with Crippen LogP contribution in [0.1, 0.15) is 30.5 Å². The predicted octanol–water partition coefficient (Wildman–Crippen LogP) is 2.50. The van der Waals surface area contributed by atoms with Crippen molar-refractivity contribution in [1.29, 1.82) is 0 Å². The zero-order valence-electron chi connectivity index (χ0n) is 17.1. The minimum absolute atomic E-state index is 0.189. The van der Waals surface area contributed by atoms with E-state index in [1.54, 1.807) is 7.05 Å². The molecule has 2 aliphatic rings. The lowest BCUT2D eigenvalue weighted by Crippen LogP contribution is -2.42. The molecule has 29 heavy (non-hydrogen) atoms. The van der Waals surface area contributed by atoms with Gasteiger partial charge >= 0.3 is 0 Å². The SMILES string of the molecule is CN=C(NCc1ccnc(N2CCOC(C)C2)c1)NC1CCOc2ccccc21. The number of para-hydroxylation sites is 1. The minimum Gasteiger partial charge on any atom is -0.493 e. The molecule has 2 aromatic rings. The molecular weight excluding hydrogens is 366 g/mol. The Hall–Kier alpha value is -2.80. The topological polar surface area (TPSA) is 71.0 Å². The molecule has 4 rings (SSSR count). The molecule has 0 bridgehead atoms. The van der Waals surface area contributed by atoms with E-state index in [9.17, 15) is 0 Å². The largest absolute Gasteiger partial charge is 0.493 e. The summed E-state index contributed by atoms with van der Waals surface area (Å²) in [4.78, 5) is 11.2. The van der Waals surface area contributed by atoms with Crippen molar-refractivity contribution in [1.82, 2.24) is 15.6 Å². The maximum Gasteiger partial charge on any atom is 0.191 e. The first-order valence-electron chi connectivity index (χ1n) is 10.2. The van der Waals surface area contributed by atoms with Gasteiger partial charge in [0.15, 0.2) is 5.96 Å².